The highest BCUT2D eigenvalue weighted by Gasteiger charge is 2.30. The molecule has 0 atom stereocenters. The minimum Gasteiger partial charge on any atom is -0.508 e. The lowest BCUT2D eigenvalue weighted by Crippen LogP contribution is -2.23. The molecule has 0 radical (unpaired) electrons. The number of primary sulfonamides is 3. The Hall–Kier alpha value is -16.4. The van der Waals surface area contributed by atoms with Gasteiger partial charge in [-0.25, -0.2) is 91.0 Å². The van der Waals surface area contributed by atoms with Crippen molar-refractivity contribution in [1.29, 1.82) is 0 Å². The summed E-state index contributed by atoms with van der Waals surface area (Å²) >= 11 is 2.28. The number of carboxylic acids is 3. The first-order valence-corrected chi connectivity index (χ1v) is 48.8. The number of aromatic nitrogens is 2. The number of rotatable bonds is 22. The number of hydrogen-bond acceptors (Lipinski definition) is 28. The van der Waals surface area contributed by atoms with Crippen molar-refractivity contribution in [3.05, 3.63) is 311 Å². The first kappa shape index (κ1) is 96.2. The van der Waals surface area contributed by atoms with E-state index in [1.807, 2.05) is 22.6 Å². The topological polar surface area (TPSA) is 685 Å². The van der Waals surface area contributed by atoms with Gasteiger partial charge in [0.15, 0.2) is 16.3 Å². The highest BCUT2D eigenvalue weighted by atomic mass is 127. The number of aromatic hydroxyl groups is 3. The van der Waals surface area contributed by atoms with E-state index in [-0.39, 0.29) is 155 Å². The molecule has 41 nitrogen and oxygen atoms in total. The average molecular weight is 2090 g/mol. The number of amides is 6. The minimum absolute atomic E-state index is 0.0715. The summed E-state index contributed by atoms with van der Waals surface area (Å²) in [6.45, 7) is -0.122. The fourth-order valence-electron chi connectivity index (χ4n) is 14.2. The second kappa shape index (κ2) is 38.5. The number of sulfonamides is 5. The summed E-state index contributed by atoms with van der Waals surface area (Å²) in [6.07, 6.45) is 0. The number of carbonyl (C=O) groups is 6. The number of carboxylic acid groups (broad SMARTS) is 3. The van der Waals surface area contributed by atoms with Crippen LogP contribution in [0.4, 0.5) is 53.6 Å². The van der Waals surface area contributed by atoms with Gasteiger partial charge in [-0.1, -0.05) is 41.7 Å². The molecule has 20 N–H and O–H groups in total. The Bertz CT molecular complexity index is 8630. The van der Waals surface area contributed by atoms with E-state index in [1.165, 1.54) is 237 Å². The molecule has 700 valence electrons. The Morgan fingerprint density at radius 1 is 0.348 bits per heavy atom. The number of nitrogens with zero attached hydrogens (tertiary/aromatic N) is 2. The third-order valence-corrected chi connectivity index (χ3v) is 28.1. The number of fused-ring (bicyclic) bond motifs is 6. The van der Waals surface area contributed by atoms with Crippen LogP contribution < -0.4 is 73.0 Å². The van der Waals surface area contributed by atoms with E-state index in [4.69, 9.17) is 28.7 Å². The van der Waals surface area contributed by atoms with E-state index in [9.17, 15) is 116 Å². The van der Waals surface area contributed by atoms with Gasteiger partial charge < -0.3 is 75.8 Å². The van der Waals surface area contributed by atoms with E-state index in [2.05, 4.69) is 51.5 Å². The molecule has 1 aromatic heterocycles. The van der Waals surface area contributed by atoms with Crippen LogP contribution >= 0.6 is 33.9 Å². The predicted octanol–water partition coefficient (Wildman–Crippen LogP) is 13.5. The molecule has 0 fully saturated rings. The SMILES string of the molecule is NS(=O)(=O)c1ccc(CNS(=O)(=O)c2ccc(NC(=O)Nc3ccc(-c4c5ccc(=O)cc-5oc5cc(O)ccc45)c(C(=O)O)c3)cc2)cc1.NS(=O)(=O)c1ccc(NC(=O)Nc2ccc(-c3c4ccc(=O)cc-4oc4cc(O)ccc34)c(C(=O)O)c2)c(I)c1.NS(=O)(=O)c1nnc(NS(=O)(=O)c2ccc(NC(=O)Nc3ccc(-c4c5ccc(=O)cc-5oc5cc(O)ccc45)c(C(=O)O)c3)cc2)s1. The van der Waals surface area contributed by atoms with Gasteiger partial charge in [0.05, 0.1) is 42.0 Å². The number of hydrogen-bond donors (Lipinski definition) is 17. The van der Waals surface area contributed by atoms with Gasteiger partial charge in [0.1, 0.15) is 51.3 Å². The summed E-state index contributed by atoms with van der Waals surface area (Å²) in [5, 5.41) is 98.8. The van der Waals surface area contributed by atoms with E-state index in [1.54, 1.807) is 18.2 Å². The normalized spacial score (nSPS) is 11.7. The van der Waals surface area contributed by atoms with Crippen molar-refractivity contribution >= 4 is 192 Å². The predicted molar refractivity (Wildman–Crippen MR) is 515 cm³/mol. The lowest BCUT2D eigenvalue weighted by atomic mass is 9.90. The molecule has 0 saturated heterocycles. The fourth-order valence-corrected chi connectivity index (χ4v) is 19.7. The number of benzene rings is 13. The summed E-state index contributed by atoms with van der Waals surface area (Å²) in [5.41, 5.74) is 4.43. The number of aromatic carboxylic acids is 3. The van der Waals surface area contributed by atoms with E-state index in [0.29, 0.717) is 81.3 Å². The lowest BCUT2D eigenvalue weighted by molar-refractivity contribution is 0.0687. The van der Waals surface area contributed by atoms with Crippen LogP contribution in [0.3, 0.4) is 0 Å². The van der Waals surface area contributed by atoms with Crippen LogP contribution in [0.15, 0.2) is 306 Å². The third-order valence-electron chi connectivity index (χ3n) is 20.3. The molecular weight excluding hydrogens is 2030 g/mol. The number of nitrogens with one attached hydrogen (secondary N) is 8. The average Bonchev–Trinajstić information content (AvgIpc) is 0.789. The minimum atomic E-state index is -4.21. The zero-order valence-electron chi connectivity index (χ0n) is 69.6. The van der Waals surface area contributed by atoms with Crippen molar-refractivity contribution in [3.63, 3.8) is 0 Å². The Morgan fingerprint density at radius 3 is 1.03 bits per heavy atom. The smallest absolute Gasteiger partial charge is 0.336 e. The number of carbonyl (C=O) groups excluding carboxylic acids is 3. The van der Waals surface area contributed by atoms with Crippen molar-refractivity contribution in [1.82, 2.24) is 14.9 Å². The second-order valence-corrected chi connectivity index (χ2v) is 40.1. The second-order valence-electron chi connectivity index (χ2n) is 29.7. The molecule has 10 aromatic carbocycles. The Kier molecular flexibility index (Phi) is 26.8. The van der Waals surface area contributed by atoms with Crippen LogP contribution in [-0.4, -0.2) is 119 Å². The molecule has 0 unspecified atom stereocenters. The summed E-state index contributed by atoms with van der Waals surface area (Å²) in [5.74, 6) is -3.55. The number of halogens is 1. The van der Waals surface area contributed by atoms with Crippen LogP contribution in [0.1, 0.15) is 36.6 Å². The summed E-state index contributed by atoms with van der Waals surface area (Å²) in [6, 6.07) is 55.6. The summed E-state index contributed by atoms with van der Waals surface area (Å²) < 4.78 is 141. The van der Waals surface area contributed by atoms with Crippen LogP contribution in [0.2, 0.25) is 0 Å². The summed E-state index contributed by atoms with van der Waals surface area (Å²) in [7, 11) is -20.1. The Morgan fingerprint density at radius 2 is 0.681 bits per heavy atom. The highest BCUT2D eigenvalue weighted by molar-refractivity contribution is 14.1. The number of urea groups is 3. The molecule has 11 aromatic rings. The Labute approximate surface area is 794 Å². The molecule has 3 aliphatic carbocycles. The van der Waals surface area contributed by atoms with Gasteiger partial charge in [0, 0.05) is 124 Å². The molecule has 0 bridgehead atoms. The van der Waals surface area contributed by atoms with Crippen molar-refractivity contribution in [3.8, 4) is 84.6 Å². The number of anilines is 7. The van der Waals surface area contributed by atoms with Crippen molar-refractivity contribution in [2.24, 2.45) is 15.4 Å². The van der Waals surface area contributed by atoms with Gasteiger partial charge in [-0.3, -0.25) is 19.1 Å². The van der Waals surface area contributed by atoms with Gasteiger partial charge >= 0.3 is 36.0 Å². The molecule has 138 heavy (non-hydrogen) atoms. The molecular formula is C90H64IN13O28S6. The monoisotopic (exact) mass is 2090 g/mol. The molecule has 3 aliphatic heterocycles. The largest absolute Gasteiger partial charge is 0.508 e. The van der Waals surface area contributed by atoms with E-state index < -0.39 is 90.5 Å². The molecule has 0 spiro atoms. The number of phenols is 3. The highest BCUT2D eigenvalue weighted by Crippen LogP contribution is 2.47. The van der Waals surface area contributed by atoms with Crippen molar-refractivity contribution in [2.45, 2.75) is 30.5 Å². The van der Waals surface area contributed by atoms with Crippen LogP contribution in [0, 0.1) is 3.57 Å². The maximum absolute atomic E-state index is 12.8. The van der Waals surface area contributed by atoms with Gasteiger partial charge in [0.2, 0.25) is 39.5 Å². The van der Waals surface area contributed by atoms with E-state index in [0.717, 1.165) is 0 Å². The van der Waals surface area contributed by atoms with Crippen molar-refractivity contribution < 1.29 is 115 Å². The van der Waals surface area contributed by atoms with Crippen LogP contribution in [-0.2, 0) is 56.7 Å². The van der Waals surface area contributed by atoms with Crippen molar-refractivity contribution in [2.75, 3.05) is 36.6 Å². The Balaban J connectivity index is 0.000000158. The third kappa shape index (κ3) is 21.8. The number of phenolic OH excluding ortho intramolecular Hbond substituents is 3. The molecule has 48 heteroatoms. The van der Waals surface area contributed by atoms with Gasteiger partial charge in [-0.05, 0) is 233 Å². The molecule has 4 heterocycles. The van der Waals surface area contributed by atoms with Crippen LogP contribution in [0.5, 0.6) is 17.2 Å². The quantitative estimate of drug-likeness (QED) is 0.0221. The zero-order chi connectivity index (χ0) is 98.9. The first-order valence-electron chi connectivity index (χ1n) is 39.3. The van der Waals surface area contributed by atoms with Gasteiger partial charge in [0.25, 0.3) is 20.0 Å². The first-order chi connectivity index (χ1) is 65.2. The number of nitrogens with two attached hydrogens (primary N) is 3. The standard InChI is InChI=1S/C34H26N4O10S2.C29H20N6O10S3.C27H18IN3O8S/c35-49(44,45)24-8-1-19(2-9-24)18-36-50(46,47)25-10-3-20(4-11-25)37-34(43)38-21-5-12-26(29(15-21)33(41)42)32-27-13-6-22(39)16-30(27)48-31-17-23(40)7-14-28(31)32;30-47(41,42)29-34-33-28(46-29)35-48(43,44)18-6-1-14(2-7-18)31-27(40)32-15-3-8-19(22(11-15)26(38)39)25-20-9-4-16(36)12-23(20)45-24-13-17(37)5-10-21(24)25;28-21-12-16(40(29,37)38)4-8-22(21)31-27(36)30-13-1-5-17(20(9-13)26(34)35)25-18-6-2-14(32)10-23(18)39-24-11-15(33)3-7-19(24)25/h1-17,36,39H,18H2,(H,41,42)(H2,35,44,45)(H2,37,38,43);1-13,36H,(H,33,35)(H,38,39)(H2,30,41,42)(H2,31,32,40);1-12,32H,(H,34,35)(H2,29,37,38)(H2,30,31,36). The summed E-state index contributed by atoms with van der Waals surface area (Å²) in [4.78, 5) is 111. The molecule has 0 saturated carbocycles. The van der Waals surface area contributed by atoms with Gasteiger partial charge in [-0.15, -0.1) is 10.2 Å². The molecule has 6 amide bonds. The maximum Gasteiger partial charge on any atom is 0.336 e. The lowest BCUT2D eigenvalue weighted by Gasteiger charge is -2.17. The van der Waals surface area contributed by atoms with Gasteiger partial charge in [-0.2, -0.15) is 0 Å². The maximum atomic E-state index is 12.8. The molecule has 6 aliphatic rings. The van der Waals surface area contributed by atoms with Crippen LogP contribution in [0.25, 0.3) is 100 Å². The van der Waals surface area contributed by atoms with E-state index >= 15 is 0 Å². The molecule has 17 rings (SSSR count). The zero-order valence-corrected chi connectivity index (χ0v) is 76.6. The fraction of sp³-hybridized carbons (Fsp3) is 0.0111.